The van der Waals surface area contributed by atoms with Crippen molar-refractivity contribution in [2.75, 3.05) is 0 Å². The molecule has 0 bridgehead atoms. The van der Waals surface area contributed by atoms with Gasteiger partial charge in [-0.1, -0.05) is 0 Å². The molecule has 2 heterocycles. The second-order valence-electron chi connectivity index (χ2n) is 5.40. The third-order valence-corrected chi connectivity index (χ3v) is 3.61. The van der Waals surface area contributed by atoms with E-state index >= 15 is 0 Å². The number of carbonyl (C=O) groups excluding carboxylic acids is 1. The van der Waals surface area contributed by atoms with Gasteiger partial charge in [0.2, 0.25) is 5.78 Å². The molecule has 0 radical (unpaired) electrons. The molecule has 0 saturated carbocycles. The molecule has 0 fully saturated rings. The summed E-state index contributed by atoms with van der Waals surface area (Å²) in [6.45, 7) is 2.48. The van der Waals surface area contributed by atoms with Gasteiger partial charge in [-0.25, -0.2) is 8.78 Å². The fraction of sp³-hybridized carbons (Fsp3) is 0.158. The number of aromatic nitrogens is 2. The number of aryl methyl sites for hydroxylation is 1. The van der Waals surface area contributed by atoms with Crippen LogP contribution in [0.25, 0.3) is 6.08 Å². The molecule has 3 aromatic rings. The number of ketones is 1. The number of nitrogens with zero attached hydrogens (tertiary/aromatic N) is 2. The lowest BCUT2D eigenvalue weighted by Gasteiger charge is -2.05. The Morgan fingerprint density at radius 1 is 1.27 bits per heavy atom. The number of allylic oxidation sites excluding steroid dienone is 1. The maximum absolute atomic E-state index is 13.5. The van der Waals surface area contributed by atoms with Crippen LogP contribution in [0, 0.1) is 11.6 Å². The number of hydrogen-bond acceptors (Lipinski definition) is 4. The van der Waals surface area contributed by atoms with Crippen LogP contribution in [0.4, 0.5) is 8.78 Å². The van der Waals surface area contributed by atoms with E-state index in [2.05, 4.69) is 5.10 Å². The van der Waals surface area contributed by atoms with Gasteiger partial charge in [-0.05, 0) is 49.4 Å². The fourth-order valence-electron chi connectivity index (χ4n) is 2.34. The minimum atomic E-state index is -0.783. The summed E-state index contributed by atoms with van der Waals surface area (Å²) < 4.78 is 38.8. The Hall–Kier alpha value is -3.22. The number of halogens is 2. The first-order valence-corrected chi connectivity index (χ1v) is 7.97. The van der Waals surface area contributed by atoms with E-state index in [1.54, 1.807) is 29.1 Å². The van der Waals surface area contributed by atoms with Crippen LogP contribution in [0.5, 0.6) is 5.75 Å². The van der Waals surface area contributed by atoms with Gasteiger partial charge in [0.1, 0.15) is 29.6 Å². The van der Waals surface area contributed by atoms with Gasteiger partial charge in [-0.3, -0.25) is 9.48 Å². The van der Waals surface area contributed by atoms with Gasteiger partial charge in [0.15, 0.2) is 11.6 Å². The SMILES string of the molecule is CCn1nccc1C(=O)C=Cc1ccc(COc2ccc(F)cc2F)o1. The van der Waals surface area contributed by atoms with Gasteiger partial charge in [-0.15, -0.1) is 0 Å². The van der Waals surface area contributed by atoms with Crippen LogP contribution in [-0.4, -0.2) is 15.6 Å². The largest absolute Gasteiger partial charge is 0.483 e. The van der Waals surface area contributed by atoms with Crippen molar-refractivity contribution in [1.82, 2.24) is 9.78 Å². The molecule has 1 aromatic carbocycles. The van der Waals surface area contributed by atoms with Gasteiger partial charge in [0.25, 0.3) is 0 Å². The van der Waals surface area contributed by atoms with E-state index in [-0.39, 0.29) is 18.1 Å². The zero-order chi connectivity index (χ0) is 18.5. The average Bonchev–Trinajstić information content (AvgIpc) is 3.28. The quantitative estimate of drug-likeness (QED) is 0.468. The second kappa shape index (κ2) is 7.77. The summed E-state index contributed by atoms with van der Waals surface area (Å²) in [7, 11) is 0. The number of ether oxygens (including phenoxy) is 1. The van der Waals surface area contributed by atoms with Gasteiger partial charge in [0.05, 0.1) is 0 Å². The summed E-state index contributed by atoms with van der Waals surface area (Å²) >= 11 is 0. The fourth-order valence-corrected chi connectivity index (χ4v) is 2.34. The Balaban J connectivity index is 1.61. The third kappa shape index (κ3) is 4.05. The molecule has 0 atom stereocenters. The zero-order valence-electron chi connectivity index (χ0n) is 14.0. The average molecular weight is 358 g/mol. The van der Waals surface area contributed by atoms with E-state index in [0.29, 0.717) is 23.8 Å². The summed E-state index contributed by atoms with van der Waals surface area (Å²) in [5.74, 6) is -0.808. The Morgan fingerprint density at radius 3 is 2.88 bits per heavy atom. The highest BCUT2D eigenvalue weighted by Crippen LogP contribution is 2.20. The van der Waals surface area contributed by atoms with Crippen LogP contribution < -0.4 is 4.74 Å². The number of hydrogen-bond donors (Lipinski definition) is 0. The molecule has 0 unspecified atom stereocenters. The lowest BCUT2D eigenvalue weighted by atomic mass is 10.2. The normalized spacial score (nSPS) is 11.2. The summed E-state index contributed by atoms with van der Waals surface area (Å²) in [6, 6.07) is 8.04. The number of furan rings is 1. The first kappa shape index (κ1) is 17.6. The Morgan fingerprint density at radius 2 is 2.12 bits per heavy atom. The molecule has 2 aromatic heterocycles. The standard InChI is InChI=1S/C19H16F2N2O3/c1-2-23-17(9-10-22-23)18(24)7-6-14-4-5-15(26-14)12-25-19-8-3-13(20)11-16(19)21/h3-11H,2,12H2,1H3. The van der Waals surface area contributed by atoms with E-state index in [9.17, 15) is 13.6 Å². The Labute approximate surface area is 148 Å². The lowest BCUT2D eigenvalue weighted by Crippen LogP contribution is -2.07. The van der Waals surface area contributed by atoms with Crippen LogP contribution in [0.2, 0.25) is 0 Å². The van der Waals surface area contributed by atoms with E-state index in [4.69, 9.17) is 9.15 Å². The molecule has 0 aliphatic heterocycles. The van der Waals surface area contributed by atoms with Crippen LogP contribution in [0.1, 0.15) is 28.9 Å². The Kier molecular flexibility index (Phi) is 5.26. The van der Waals surface area contributed by atoms with Crippen molar-refractivity contribution >= 4 is 11.9 Å². The molecule has 0 aliphatic rings. The van der Waals surface area contributed by atoms with Gasteiger partial charge in [-0.2, -0.15) is 5.10 Å². The van der Waals surface area contributed by atoms with Gasteiger partial charge < -0.3 is 9.15 Å². The van der Waals surface area contributed by atoms with Crippen molar-refractivity contribution in [3.8, 4) is 5.75 Å². The maximum Gasteiger partial charge on any atom is 0.203 e. The van der Waals surface area contributed by atoms with E-state index < -0.39 is 11.6 Å². The molecule has 134 valence electrons. The highest BCUT2D eigenvalue weighted by Gasteiger charge is 2.09. The van der Waals surface area contributed by atoms with Gasteiger partial charge >= 0.3 is 0 Å². The van der Waals surface area contributed by atoms with Crippen molar-refractivity contribution in [2.24, 2.45) is 0 Å². The maximum atomic E-state index is 13.5. The predicted octanol–water partition coefficient (Wildman–Crippen LogP) is 4.25. The molecule has 26 heavy (non-hydrogen) atoms. The van der Waals surface area contributed by atoms with Crippen molar-refractivity contribution in [3.63, 3.8) is 0 Å². The van der Waals surface area contributed by atoms with Crippen molar-refractivity contribution < 1.29 is 22.7 Å². The number of rotatable bonds is 7. The minimum Gasteiger partial charge on any atom is -0.483 e. The summed E-state index contributed by atoms with van der Waals surface area (Å²) in [5.41, 5.74) is 0.491. The minimum absolute atomic E-state index is 0.0209. The molecular formula is C19H16F2N2O3. The first-order valence-electron chi connectivity index (χ1n) is 7.97. The summed E-state index contributed by atoms with van der Waals surface area (Å²) in [4.78, 5) is 12.2. The van der Waals surface area contributed by atoms with E-state index in [1.807, 2.05) is 6.92 Å². The highest BCUT2D eigenvalue weighted by molar-refractivity contribution is 6.05. The van der Waals surface area contributed by atoms with Crippen molar-refractivity contribution in [3.05, 3.63) is 77.5 Å². The molecule has 0 saturated heterocycles. The number of carbonyl (C=O) groups is 1. The second-order valence-corrected chi connectivity index (χ2v) is 5.40. The number of benzene rings is 1. The zero-order valence-corrected chi connectivity index (χ0v) is 14.0. The smallest absolute Gasteiger partial charge is 0.203 e. The molecule has 5 nitrogen and oxygen atoms in total. The third-order valence-electron chi connectivity index (χ3n) is 3.61. The summed E-state index contributed by atoms with van der Waals surface area (Å²) in [5, 5.41) is 4.05. The highest BCUT2D eigenvalue weighted by atomic mass is 19.1. The molecule has 0 N–H and O–H groups in total. The molecule has 7 heteroatoms. The van der Waals surface area contributed by atoms with Crippen molar-refractivity contribution in [2.45, 2.75) is 20.1 Å². The molecule has 3 rings (SSSR count). The molecule has 0 aliphatic carbocycles. The lowest BCUT2D eigenvalue weighted by molar-refractivity contribution is 0.103. The Bertz CT molecular complexity index is 944. The van der Waals surface area contributed by atoms with Crippen LogP contribution in [0.3, 0.4) is 0 Å². The topological polar surface area (TPSA) is 57.3 Å². The summed E-state index contributed by atoms with van der Waals surface area (Å²) in [6.07, 6.45) is 4.51. The monoisotopic (exact) mass is 358 g/mol. The molecule has 0 spiro atoms. The van der Waals surface area contributed by atoms with E-state index in [0.717, 1.165) is 12.1 Å². The molecular weight excluding hydrogens is 342 g/mol. The van der Waals surface area contributed by atoms with Gasteiger partial charge in [0, 0.05) is 18.8 Å². The van der Waals surface area contributed by atoms with Crippen LogP contribution >= 0.6 is 0 Å². The first-order chi connectivity index (χ1) is 12.6. The predicted molar refractivity (Wildman–Crippen MR) is 90.7 cm³/mol. The molecule has 0 amide bonds. The van der Waals surface area contributed by atoms with Crippen LogP contribution in [-0.2, 0) is 13.2 Å². The van der Waals surface area contributed by atoms with Crippen molar-refractivity contribution in [1.29, 1.82) is 0 Å². The van der Waals surface area contributed by atoms with Crippen LogP contribution in [0.15, 0.2) is 53.1 Å². The van der Waals surface area contributed by atoms with E-state index in [1.165, 1.54) is 18.2 Å².